The SMILES string of the molecule is O=C(O)CCC(=O)N1CC[C@H]2[C@@H]1CC(=O)N2c1ccsc1. The molecule has 0 saturated carbocycles. The predicted octanol–water partition coefficient (Wildman–Crippen LogP) is 1.32. The first kappa shape index (κ1) is 14.1. The van der Waals surface area contributed by atoms with Gasteiger partial charge in [0, 0.05) is 24.8 Å². The second-order valence-electron chi connectivity index (χ2n) is 5.35. The van der Waals surface area contributed by atoms with E-state index in [0.29, 0.717) is 13.0 Å². The minimum Gasteiger partial charge on any atom is -0.481 e. The summed E-state index contributed by atoms with van der Waals surface area (Å²) < 4.78 is 0. The quantitative estimate of drug-likeness (QED) is 0.910. The monoisotopic (exact) mass is 308 g/mol. The van der Waals surface area contributed by atoms with Gasteiger partial charge < -0.3 is 14.9 Å². The zero-order valence-electron chi connectivity index (χ0n) is 11.4. The lowest BCUT2D eigenvalue weighted by Gasteiger charge is -2.24. The molecule has 0 radical (unpaired) electrons. The van der Waals surface area contributed by atoms with Crippen LogP contribution in [-0.2, 0) is 14.4 Å². The molecule has 1 N–H and O–H groups in total. The van der Waals surface area contributed by atoms with Crippen molar-refractivity contribution in [3.8, 4) is 0 Å². The first-order valence-corrected chi connectivity index (χ1v) is 7.87. The lowest BCUT2D eigenvalue weighted by molar-refractivity contribution is -0.141. The molecule has 1 aromatic rings. The topological polar surface area (TPSA) is 77.9 Å². The number of thiophene rings is 1. The predicted molar refractivity (Wildman–Crippen MR) is 77.2 cm³/mol. The van der Waals surface area contributed by atoms with Crippen molar-refractivity contribution in [2.24, 2.45) is 0 Å². The van der Waals surface area contributed by atoms with E-state index in [1.165, 1.54) is 0 Å². The number of hydrogen-bond donors (Lipinski definition) is 1. The molecule has 112 valence electrons. The van der Waals surface area contributed by atoms with E-state index < -0.39 is 5.97 Å². The van der Waals surface area contributed by atoms with Crippen LogP contribution in [0.4, 0.5) is 5.69 Å². The number of carboxylic acid groups (broad SMARTS) is 1. The van der Waals surface area contributed by atoms with Crippen molar-refractivity contribution in [3.63, 3.8) is 0 Å². The Balaban J connectivity index is 1.72. The van der Waals surface area contributed by atoms with Gasteiger partial charge in [-0.2, -0.15) is 11.3 Å². The van der Waals surface area contributed by atoms with E-state index in [9.17, 15) is 14.4 Å². The van der Waals surface area contributed by atoms with E-state index in [0.717, 1.165) is 12.1 Å². The molecular weight excluding hydrogens is 292 g/mol. The molecule has 21 heavy (non-hydrogen) atoms. The number of hydrogen-bond acceptors (Lipinski definition) is 4. The summed E-state index contributed by atoms with van der Waals surface area (Å²) in [7, 11) is 0. The van der Waals surface area contributed by atoms with Crippen LogP contribution in [0.25, 0.3) is 0 Å². The van der Waals surface area contributed by atoms with E-state index >= 15 is 0 Å². The molecule has 3 rings (SSSR count). The largest absolute Gasteiger partial charge is 0.481 e. The van der Waals surface area contributed by atoms with E-state index in [-0.39, 0.29) is 36.7 Å². The third kappa shape index (κ3) is 2.53. The maximum absolute atomic E-state index is 12.2. The molecule has 0 unspecified atom stereocenters. The fraction of sp³-hybridized carbons (Fsp3) is 0.500. The summed E-state index contributed by atoms with van der Waals surface area (Å²) in [5, 5.41) is 12.5. The van der Waals surface area contributed by atoms with Crippen molar-refractivity contribution in [1.82, 2.24) is 4.90 Å². The second kappa shape index (κ2) is 5.48. The number of anilines is 1. The summed E-state index contributed by atoms with van der Waals surface area (Å²) in [6, 6.07) is 1.83. The van der Waals surface area contributed by atoms with Crippen LogP contribution in [0, 0.1) is 0 Å². The number of likely N-dealkylation sites (tertiary alicyclic amines) is 1. The molecule has 0 bridgehead atoms. The minimum atomic E-state index is -0.971. The molecule has 0 spiro atoms. The zero-order chi connectivity index (χ0) is 15.0. The number of nitrogens with zero attached hydrogens (tertiary/aromatic N) is 2. The Morgan fingerprint density at radius 2 is 2.14 bits per heavy atom. The minimum absolute atomic E-state index is 0.00515. The second-order valence-corrected chi connectivity index (χ2v) is 6.13. The highest BCUT2D eigenvalue weighted by molar-refractivity contribution is 7.08. The van der Waals surface area contributed by atoms with Gasteiger partial charge in [0.05, 0.1) is 24.2 Å². The van der Waals surface area contributed by atoms with Crippen molar-refractivity contribution < 1.29 is 19.5 Å². The summed E-state index contributed by atoms with van der Waals surface area (Å²) in [6.45, 7) is 0.599. The first-order chi connectivity index (χ1) is 10.1. The van der Waals surface area contributed by atoms with E-state index in [1.54, 1.807) is 21.1 Å². The standard InChI is InChI=1S/C14H16N2O4S/c17-12(1-2-14(19)20)15-5-3-10-11(15)7-13(18)16(10)9-4-6-21-8-9/h4,6,8,10-11H,1-3,5,7H2,(H,19,20)/t10-,11-/m0/s1. The van der Waals surface area contributed by atoms with Gasteiger partial charge in [-0.05, 0) is 17.9 Å². The number of fused-ring (bicyclic) bond motifs is 1. The molecule has 2 fully saturated rings. The van der Waals surface area contributed by atoms with Gasteiger partial charge in [0.1, 0.15) is 0 Å². The molecule has 2 amide bonds. The lowest BCUT2D eigenvalue weighted by Crippen LogP contribution is -2.40. The molecular formula is C14H16N2O4S. The number of amides is 2. The van der Waals surface area contributed by atoms with Crippen LogP contribution in [0.5, 0.6) is 0 Å². The molecule has 3 heterocycles. The molecule has 2 aliphatic heterocycles. The molecule has 2 saturated heterocycles. The van der Waals surface area contributed by atoms with Crippen LogP contribution in [0.2, 0.25) is 0 Å². The van der Waals surface area contributed by atoms with Crippen LogP contribution in [0.15, 0.2) is 16.8 Å². The van der Waals surface area contributed by atoms with Gasteiger partial charge in [-0.15, -0.1) is 0 Å². The average Bonchev–Trinajstić information content (AvgIpc) is 3.11. The number of carbonyl (C=O) groups is 3. The Hall–Kier alpha value is -1.89. The fourth-order valence-corrected chi connectivity index (χ4v) is 3.87. The smallest absolute Gasteiger partial charge is 0.303 e. The Kier molecular flexibility index (Phi) is 3.67. The molecule has 2 atom stereocenters. The molecule has 7 heteroatoms. The summed E-state index contributed by atoms with van der Waals surface area (Å²) in [6.07, 6.45) is 0.935. The van der Waals surface area contributed by atoms with Crippen molar-refractivity contribution in [1.29, 1.82) is 0 Å². The number of carbonyl (C=O) groups excluding carboxylic acids is 2. The Labute approximate surface area is 126 Å². The summed E-state index contributed by atoms with van der Waals surface area (Å²) in [4.78, 5) is 38.4. The molecule has 0 aromatic carbocycles. The van der Waals surface area contributed by atoms with Crippen molar-refractivity contribution in [3.05, 3.63) is 16.8 Å². The highest BCUT2D eigenvalue weighted by Gasteiger charge is 2.48. The zero-order valence-corrected chi connectivity index (χ0v) is 12.2. The van der Waals surface area contributed by atoms with Crippen LogP contribution >= 0.6 is 11.3 Å². The molecule has 2 aliphatic rings. The Morgan fingerprint density at radius 1 is 1.33 bits per heavy atom. The van der Waals surface area contributed by atoms with Crippen LogP contribution < -0.4 is 4.90 Å². The van der Waals surface area contributed by atoms with Crippen LogP contribution in [0.1, 0.15) is 25.7 Å². The molecule has 1 aromatic heterocycles. The Bertz CT molecular complexity index is 572. The average molecular weight is 308 g/mol. The summed E-state index contributed by atoms with van der Waals surface area (Å²) >= 11 is 1.54. The highest BCUT2D eigenvalue weighted by Crippen LogP contribution is 2.37. The van der Waals surface area contributed by atoms with Gasteiger partial charge in [0.2, 0.25) is 11.8 Å². The normalized spacial score (nSPS) is 24.5. The van der Waals surface area contributed by atoms with Gasteiger partial charge >= 0.3 is 5.97 Å². The van der Waals surface area contributed by atoms with E-state index in [2.05, 4.69) is 0 Å². The van der Waals surface area contributed by atoms with Gasteiger partial charge in [0.15, 0.2) is 0 Å². The van der Waals surface area contributed by atoms with Gasteiger partial charge in [-0.25, -0.2) is 0 Å². The van der Waals surface area contributed by atoms with Crippen LogP contribution in [-0.4, -0.2) is 46.4 Å². The number of aliphatic carboxylic acids is 1. The maximum Gasteiger partial charge on any atom is 0.303 e. The molecule has 6 nitrogen and oxygen atoms in total. The van der Waals surface area contributed by atoms with Crippen molar-refractivity contribution in [2.45, 2.75) is 37.8 Å². The number of carboxylic acids is 1. The Morgan fingerprint density at radius 3 is 2.81 bits per heavy atom. The third-order valence-electron chi connectivity index (χ3n) is 4.15. The van der Waals surface area contributed by atoms with Crippen molar-refractivity contribution in [2.75, 3.05) is 11.4 Å². The van der Waals surface area contributed by atoms with Gasteiger partial charge in [-0.3, -0.25) is 14.4 Å². The van der Waals surface area contributed by atoms with E-state index in [4.69, 9.17) is 5.11 Å². The maximum atomic E-state index is 12.2. The van der Waals surface area contributed by atoms with Gasteiger partial charge in [-0.1, -0.05) is 0 Å². The lowest BCUT2D eigenvalue weighted by atomic mass is 10.1. The summed E-state index contributed by atoms with van der Waals surface area (Å²) in [5.41, 5.74) is 0.900. The molecule has 0 aliphatic carbocycles. The third-order valence-corrected chi connectivity index (χ3v) is 4.82. The highest BCUT2D eigenvalue weighted by atomic mass is 32.1. The van der Waals surface area contributed by atoms with Gasteiger partial charge in [0.25, 0.3) is 0 Å². The van der Waals surface area contributed by atoms with E-state index in [1.807, 2.05) is 16.8 Å². The first-order valence-electron chi connectivity index (χ1n) is 6.93. The fourth-order valence-electron chi connectivity index (χ4n) is 3.24. The number of rotatable bonds is 4. The van der Waals surface area contributed by atoms with Crippen molar-refractivity contribution >= 4 is 34.8 Å². The van der Waals surface area contributed by atoms with Crippen LogP contribution in [0.3, 0.4) is 0 Å². The summed E-state index contributed by atoms with van der Waals surface area (Å²) in [5.74, 6) is -1.09.